The molecule has 0 radical (unpaired) electrons. The standard InChI is InChI=1S/C15H14F3NO3S2/c1-2-24(21,22)13-7-10(9-20)8-19-14(13)11-3-5-12(6-4-11)23-15(16,17)18/h3-8,20H,2,9H2,1H3. The lowest BCUT2D eigenvalue weighted by Crippen LogP contribution is -2.08. The molecule has 0 fully saturated rings. The number of hydrogen-bond donors (Lipinski definition) is 1. The molecule has 4 nitrogen and oxygen atoms in total. The molecule has 1 N–H and O–H groups in total. The fourth-order valence-electron chi connectivity index (χ4n) is 2.00. The fraction of sp³-hybridized carbons (Fsp3) is 0.267. The van der Waals surface area contributed by atoms with Gasteiger partial charge < -0.3 is 5.11 Å². The Kier molecular flexibility index (Phi) is 5.56. The van der Waals surface area contributed by atoms with Gasteiger partial charge in [0.2, 0.25) is 0 Å². The summed E-state index contributed by atoms with van der Waals surface area (Å²) in [5, 5.41) is 9.16. The minimum atomic E-state index is -4.39. The van der Waals surface area contributed by atoms with Crippen LogP contribution in [0.2, 0.25) is 0 Å². The maximum atomic E-state index is 12.4. The smallest absolute Gasteiger partial charge is 0.392 e. The highest BCUT2D eigenvalue weighted by atomic mass is 32.2. The molecule has 0 bridgehead atoms. The third-order valence-corrected chi connectivity index (χ3v) is 5.65. The second kappa shape index (κ2) is 7.12. The molecule has 0 spiro atoms. The minimum Gasteiger partial charge on any atom is -0.392 e. The summed E-state index contributed by atoms with van der Waals surface area (Å²) in [6, 6.07) is 6.64. The van der Waals surface area contributed by atoms with E-state index < -0.39 is 15.3 Å². The number of nitrogens with zero attached hydrogens (tertiary/aromatic N) is 1. The molecular formula is C15H14F3NO3S2. The predicted molar refractivity (Wildman–Crippen MR) is 85.2 cm³/mol. The summed E-state index contributed by atoms with van der Waals surface area (Å²) in [7, 11) is -3.61. The van der Waals surface area contributed by atoms with Gasteiger partial charge in [-0.3, -0.25) is 4.98 Å². The quantitative estimate of drug-likeness (QED) is 0.806. The summed E-state index contributed by atoms with van der Waals surface area (Å²) in [5.41, 5.74) is -3.51. The van der Waals surface area contributed by atoms with Gasteiger partial charge in [-0.2, -0.15) is 13.2 Å². The van der Waals surface area contributed by atoms with E-state index in [1.54, 1.807) is 0 Å². The fourth-order valence-corrected chi connectivity index (χ4v) is 3.64. The van der Waals surface area contributed by atoms with E-state index in [0.717, 1.165) is 0 Å². The third-order valence-electron chi connectivity index (χ3n) is 3.17. The normalized spacial score (nSPS) is 12.4. The number of halogens is 3. The van der Waals surface area contributed by atoms with Crippen LogP contribution in [0.3, 0.4) is 0 Å². The second-order valence-corrected chi connectivity index (χ2v) is 8.21. The molecule has 0 saturated heterocycles. The molecule has 0 aliphatic carbocycles. The van der Waals surface area contributed by atoms with Crippen molar-refractivity contribution in [1.29, 1.82) is 0 Å². The molecule has 0 amide bonds. The molecule has 0 aliphatic rings. The number of benzene rings is 1. The predicted octanol–water partition coefficient (Wildman–Crippen LogP) is 3.65. The van der Waals surface area contributed by atoms with E-state index in [2.05, 4.69) is 4.98 Å². The average Bonchev–Trinajstić information content (AvgIpc) is 2.53. The highest BCUT2D eigenvalue weighted by molar-refractivity contribution is 8.00. The summed E-state index contributed by atoms with van der Waals surface area (Å²) >= 11 is -0.247. The van der Waals surface area contributed by atoms with Crippen molar-refractivity contribution >= 4 is 21.6 Å². The molecule has 2 rings (SSSR count). The van der Waals surface area contributed by atoms with Gasteiger partial charge in [0.05, 0.1) is 22.9 Å². The summed E-state index contributed by atoms with van der Waals surface area (Å²) in [4.78, 5) is 4.02. The van der Waals surface area contributed by atoms with Crippen molar-refractivity contribution in [3.63, 3.8) is 0 Å². The molecule has 0 atom stereocenters. The topological polar surface area (TPSA) is 67.3 Å². The van der Waals surface area contributed by atoms with Crippen molar-refractivity contribution in [3.8, 4) is 11.3 Å². The van der Waals surface area contributed by atoms with Crippen LogP contribution in [0.1, 0.15) is 12.5 Å². The van der Waals surface area contributed by atoms with E-state index in [1.165, 1.54) is 43.5 Å². The van der Waals surface area contributed by atoms with Crippen LogP contribution in [0.25, 0.3) is 11.3 Å². The Hall–Kier alpha value is -1.58. The first kappa shape index (κ1) is 18.8. The third kappa shape index (κ3) is 4.49. The average molecular weight is 377 g/mol. The number of aromatic nitrogens is 1. The largest absolute Gasteiger partial charge is 0.446 e. The van der Waals surface area contributed by atoms with Gasteiger partial charge in [-0.05, 0) is 35.5 Å². The zero-order valence-electron chi connectivity index (χ0n) is 12.5. The maximum absolute atomic E-state index is 12.4. The van der Waals surface area contributed by atoms with Crippen molar-refractivity contribution < 1.29 is 26.7 Å². The lowest BCUT2D eigenvalue weighted by Gasteiger charge is -2.11. The molecule has 1 heterocycles. The Morgan fingerprint density at radius 2 is 1.83 bits per heavy atom. The summed E-state index contributed by atoms with van der Waals surface area (Å²) in [5.74, 6) is -0.154. The van der Waals surface area contributed by atoms with E-state index >= 15 is 0 Å². The van der Waals surface area contributed by atoms with E-state index in [1.807, 2.05) is 0 Å². The highest BCUT2D eigenvalue weighted by Gasteiger charge is 2.29. The van der Waals surface area contributed by atoms with Gasteiger partial charge in [0, 0.05) is 16.7 Å². The SMILES string of the molecule is CCS(=O)(=O)c1cc(CO)cnc1-c1ccc(SC(F)(F)F)cc1. The number of sulfone groups is 1. The van der Waals surface area contributed by atoms with Crippen LogP contribution in [0.5, 0.6) is 0 Å². The molecule has 130 valence electrons. The van der Waals surface area contributed by atoms with E-state index in [9.17, 15) is 21.6 Å². The van der Waals surface area contributed by atoms with Gasteiger partial charge in [-0.1, -0.05) is 19.1 Å². The molecule has 0 saturated carbocycles. The Balaban J connectivity index is 2.49. The number of rotatable bonds is 5. The number of thioether (sulfide) groups is 1. The van der Waals surface area contributed by atoms with Gasteiger partial charge in [-0.25, -0.2) is 8.42 Å². The molecule has 24 heavy (non-hydrogen) atoms. The summed E-state index contributed by atoms with van der Waals surface area (Å²) in [6.45, 7) is 1.12. The van der Waals surface area contributed by atoms with Crippen LogP contribution in [-0.2, 0) is 16.4 Å². The van der Waals surface area contributed by atoms with Gasteiger partial charge in [-0.15, -0.1) is 0 Å². The van der Waals surface area contributed by atoms with Crippen molar-refractivity contribution in [3.05, 3.63) is 42.1 Å². The first-order chi connectivity index (χ1) is 11.2. The number of aliphatic hydroxyl groups excluding tert-OH is 1. The number of aliphatic hydroxyl groups is 1. The Labute approximate surface area is 141 Å². The van der Waals surface area contributed by atoms with Crippen LogP contribution < -0.4 is 0 Å². The van der Waals surface area contributed by atoms with Crippen LogP contribution >= 0.6 is 11.8 Å². The van der Waals surface area contributed by atoms with Crippen molar-refractivity contribution in [1.82, 2.24) is 4.98 Å². The van der Waals surface area contributed by atoms with Crippen LogP contribution in [-0.4, -0.2) is 29.8 Å². The van der Waals surface area contributed by atoms with E-state index in [-0.39, 0.29) is 39.6 Å². The van der Waals surface area contributed by atoms with Crippen LogP contribution in [0, 0.1) is 0 Å². The van der Waals surface area contributed by atoms with Crippen LogP contribution in [0.15, 0.2) is 46.3 Å². The lowest BCUT2D eigenvalue weighted by atomic mass is 10.1. The van der Waals surface area contributed by atoms with Crippen molar-refractivity contribution in [2.45, 2.75) is 28.8 Å². The van der Waals surface area contributed by atoms with E-state index in [0.29, 0.717) is 11.1 Å². The lowest BCUT2D eigenvalue weighted by molar-refractivity contribution is -0.0328. The minimum absolute atomic E-state index is 0.00173. The first-order valence-corrected chi connectivity index (χ1v) is 9.32. The Morgan fingerprint density at radius 3 is 2.33 bits per heavy atom. The Bertz CT molecular complexity index is 819. The van der Waals surface area contributed by atoms with Gasteiger partial charge >= 0.3 is 5.51 Å². The number of hydrogen-bond acceptors (Lipinski definition) is 5. The molecule has 0 aliphatic heterocycles. The molecule has 1 aromatic heterocycles. The van der Waals surface area contributed by atoms with Gasteiger partial charge in [0.15, 0.2) is 9.84 Å². The Morgan fingerprint density at radius 1 is 1.21 bits per heavy atom. The monoisotopic (exact) mass is 377 g/mol. The van der Waals surface area contributed by atoms with Gasteiger partial charge in [0.25, 0.3) is 0 Å². The zero-order chi connectivity index (χ0) is 18.0. The van der Waals surface area contributed by atoms with Crippen molar-refractivity contribution in [2.24, 2.45) is 0 Å². The molecule has 1 aromatic carbocycles. The molecule has 2 aromatic rings. The molecular weight excluding hydrogens is 363 g/mol. The highest BCUT2D eigenvalue weighted by Crippen LogP contribution is 2.37. The van der Waals surface area contributed by atoms with Crippen LogP contribution in [0.4, 0.5) is 13.2 Å². The number of pyridine rings is 1. The zero-order valence-corrected chi connectivity index (χ0v) is 14.2. The molecule has 9 heteroatoms. The summed E-state index contributed by atoms with van der Waals surface area (Å²) in [6.07, 6.45) is 1.34. The van der Waals surface area contributed by atoms with Crippen molar-refractivity contribution in [2.75, 3.05) is 5.75 Å². The summed E-state index contributed by atoms with van der Waals surface area (Å²) < 4.78 is 61.6. The van der Waals surface area contributed by atoms with Gasteiger partial charge in [0.1, 0.15) is 0 Å². The second-order valence-electron chi connectivity index (χ2n) is 4.82. The maximum Gasteiger partial charge on any atom is 0.446 e. The van der Waals surface area contributed by atoms with E-state index in [4.69, 9.17) is 5.11 Å². The first-order valence-electron chi connectivity index (χ1n) is 6.85. The number of alkyl halides is 3. The molecule has 0 unspecified atom stereocenters.